The molecule has 0 spiro atoms. The van der Waals surface area contributed by atoms with E-state index in [4.69, 9.17) is 0 Å². The molecule has 0 saturated heterocycles. The van der Waals surface area contributed by atoms with Gasteiger partial charge in [0.1, 0.15) is 0 Å². The summed E-state index contributed by atoms with van der Waals surface area (Å²) in [7, 11) is 3.87. The summed E-state index contributed by atoms with van der Waals surface area (Å²) in [5, 5.41) is 0. The van der Waals surface area contributed by atoms with Gasteiger partial charge in [-0.25, -0.2) is 0 Å². The fraction of sp³-hybridized carbons (Fsp3) is 0.267. The molecule has 0 aliphatic rings. The number of Topliss-reactive ketones (excluding diaryl/α,β-unsaturated/α-hetero) is 1. The number of ketones is 1. The summed E-state index contributed by atoms with van der Waals surface area (Å²) in [4.78, 5) is 14.1. The molecule has 0 N–H and O–H groups in total. The highest BCUT2D eigenvalue weighted by Crippen LogP contribution is 2.18. The average molecular weight is 242 g/mol. The Morgan fingerprint density at radius 2 is 2.00 bits per heavy atom. The van der Waals surface area contributed by atoms with Gasteiger partial charge in [0, 0.05) is 37.7 Å². The Hall–Kier alpha value is -2.03. The van der Waals surface area contributed by atoms with E-state index < -0.39 is 0 Å². The number of anilines is 1. The smallest absolute Gasteiger partial charge is 0.183 e. The molecule has 1 heterocycles. The van der Waals surface area contributed by atoms with Gasteiger partial charge < -0.3 is 9.47 Å². The summed E-state index contributed by atoms with van der Waals surface area (Å²) in [5.74, 6) is 0.140. The number of benzene rings is 1. The lowest BCUT2D eigenvalue weighted by molar-refractivity contribution is 0.100. The van der Waals surface area contributed by atoms with Crippen LogP contribution in [0.15, 0.2) is 42.7 Å². The highest BCUT2D eigenvalue weighted by molar-refractivity contribution is 5.99. The highest BCUT2D eigenvalue weighted by Gasteiger charge is 2.11. The molecule has 3 heteroatoms. The number of carbonyl (C=O) groups excluding carboxylic acids is 1. The Morgan fingerprint density at radius 3 is 2.61 bits per heavy atom. The van der Waals surface area contributed by atoms with Gasteiger partial charge in [0.25, 0.3) is 0 Å². The maximum Gasteiger partial charge on any atom is 0.183 e. The van der Waals surface area contributed by atoms with Crippen molar-refractivity contribution in [2.45, 2.75) is 6.92 Å². The molecule has 0 aliphatic heterocycles. The Morgan fingerprint density at radius 1 is 1.28 bits per heavy atom. The minimum Gasteiger partial charge on any atom is -0.367 e. The number of rotatable bonds is 4. The molecule has 0 unspecified atom stereocenters. The van der Waals surface area contributed by atoms with Crippen LogP contribution in [0.4, 0.5) is 5.69 Å². The first-order chi connectivity index (χ1) is 8.58. The van der Waals surface area contributed by atoms with Crippen LogP contribution in [0.2, 0.25) is 0 Å². The molecule has 1 aromatic carbocycles. The summed E-state index contributed by atoms with van der Waals surface area (Å²) in [5.41, 5.74) is 3.04. The number of hydrogen-bond acceptors (Lipinski definition) is 2. The number of para-hydroxylation sites is 1. The summed E-state index contributed by atoms with van der Waals surface area (Å²) in [6.07, 6.45) is 3.75. The largest absolute Gasteiger partial charge is 0.367 e. The Balaban J connectivity index is 2.10. The molecule has 2 aromatic rings. The van der Waals surface area contributed by atoms with Crippen LogP contribution in [-0.4, -0.2) is 23.9 Å². The van der Waals surface area contributed by atoms with E-state index in [0.717, 1.165) is 11.3 Å². The zero-order valence-electron chi connectivity index (χ0n) is 11.1. The third-order valence-corrected chi connectivity index (χ3v) is 3.06. The van der Waals surface area contributed by atoms with E-state index in [1.54, 1.807) is 0 Å². The normalized spacial score (nSPS) is 10.4. The fourth-order valence-electron chi connectivity index (χ4n) is 2.05. The number of aromatic nitrogens is 1. The first kappa shape index (κ1) is 12.4. The predicted molar refractivity (Wildman–Crippen MR) is 74.2 cm³/mol. The minimum atomic E-state index is 0.140. The van der Waals surface area contributed by atoms with Gasteiger partial charge in [0.05, 0.1) is 6.54 Å². The quantitative estimate of drug-likeness (QED) is 0.770. The van der Waals surface area contributed by atoms with E-state index in [9.17, 15) is 4.79 Å². The molecule has 0 saturated carbocycles. The maximum absolute atomic E-state index is 12.1. The van der Waals surface area contributed by atoms with Crippen LogP contribution < -0.4 is 4.90 Å². The summed E-state index contributed by atoms with van der Waals surface area (Å²) in [6.45, 7) is 2.45. The molecule has 0 radical (unpaired) electrons. The lowest BCUT2D eigenvalue weighted by atomic mass is 10.1. The van der Waals surface area contributed by atoms with Crippen molar-refractivity contribution >= 4 is 11.5 Å². The minimum absolute atomic E-state index is 0.140. The fourth-order valence-corrected chi connectivity index (χ4v) is 2.05. The molecule has 2 rings (SSSR count). The van der Waals surface area contributed by atoms with Gasteiger partial charge in [0.15, 0.2) is 5.78 Å². The molecule has 18 heavy (non-hydrogen) atoms. The Kier molecular flexibility index (Phi) is 3.51. The van der Waals surface area contributed by atoms with Crippen LogP contribution in [0.1, 0.15) is 15.9 Å². The lowest BCUT2D eigenvalue weighted by Gasteiger charge is -2.20. The average Bonchev–Trinajstić information content (AvgIpc) is 2.76. The van der Waals surface area contributed by atoms with Gasteiger partial charge in [-0.15, -0.1) is 0 Å². The zero-order chi connectivity index (χ0) is 13.1. The second-order valence-corrected chi connectivity index (χ2v) is 4.63. The van der Waals surface area contributed by atoms with E-state index in [-0.39, 0.29) is 5.78 Å². The van der Waals surface area contributed by atoms with Crippen molar-refractivity contribution in [3.05, 3.63) is 53.9 Å². The molecule has 0 fully saturated rings. The van der Waals surface area contributed by atoms with E-state index in [1.807, 2.05) is 60.2 Å². The van der Waals surface area contributed by atoms with E-state index >= 15 is 0 Å². The van der Waals surface area contributed by atoms with Crippen LogP contribution in [0.5, 0.6) is 0 Å². The Bertz CT molecular complexity index is 557. The second kappa shape index (κ2) is 5.08. The third kappa shape index (κ3) is 2.62. The molecular formula is C15H18N2O. The van der Waals surface area contributed by atoms with Gasteiger partial charge in [-0.05, 0) is 24.6 Å². The SMILES string of the molecule is Cc1ccccc1N(C)CC(=O)c1ccn(C)c1. The van der Waals surface area contributed by atoms with E-state index in [2.05, 4.69) is 13.0 Å². The third-order valence-electron chi connectivity index (χ3n) is 3.06. The topological polar surface area (TPSA) is 25.2 Å². The van der Waals surface area contributed by atoms with Crippen LogP contribution in [0.3, 0.4) is 0 Å². The van der Waals surface area contributed by atoms with Gasteiger partial charge in [-0.2, -0.15) is 0 Å². The zero-order valence-corrected chi connectivity index (χ0v) is 11.1. The number of aryl methyl sites for hydroxylation is 2. The number of hydrogen-bond donors (Lipinski definition) is 0. The van der Waals surface area contributed by atoms with Crippen LogP contribution in [0.25, 0.3) is 0 Å². The van der Waals surface area contributed by atoms with E-state index in [0.29, 0.717) is 6.54 Å². The van der Waals surface area contributed by atoms with Crippen molar-refractivity contribution in [2.24, 2.45) is 7.05 Å². The monoisotopic (exact) mass is 242 g/mol. The molecule has 0 aliphatic carbocycles. The molecule has 0 amide bonds. The van der Waals surface area contributed by atoms with Crippen molar-refractivity contribution in [1.82, 2.24) is 4.57 Å². The van der Waals surface area contributed by atoms with Crippen molar-refractivity contribution in [3.8, 4) is 0 Å². The lowest BCUT2D eigenvalue weighted by Crippen LogP contribution is -2.26. The number of nitrogens with zero attached hydrogens (tertiary/aromatic N) is 2. The maximum atomic E-state index is 12.1. The molecular weight excluding hydrogens is 224 g/mol. The molecule has 0 atom stereocenters. The first-order valence-electron chi connectivity index (χ1n) is 6.00. The molecule has 0 bridgehead atoms. The van der Waals surface area contributed by atoms with Gasteiger partial charge >= 0.3 is 0 Å². The van der Waals surface area contributed by atoms with Crippen molar-refractivity contribution in [1.29, 1.82) is 0 Å². The summed E-state index contributed by atoms with van der Waals surface area (Å²) in [6, 6.07) is 9.94. The van der Waals surface area contributed by atoms with Crippen LogP contribution in [0, 0.1) is 6.92 Å². The van der Waals surface area contributed by atoms with Gasteiger partial charge in [-0.1, -0.05) is 18.2 Å². The van der Waals surface area contributed by atoms with Crippen LogP contribution in [-0.2, 0) is 7.05 Å². The van der Waals surface area contributed by atoms with E-state index in [1.165, 1.54) is 5.56 Å². The Labute approximate surface area is 108 Å². The van der Waals surface area contributed by atoms with Crippen LogP contribution >= 0.6 is 0 Å². The first-order valence-corrected chi connectivity index (χ1v) is 6.00. The second-order valence-electron chi connectivity index (χ2n) is 4.63. The molecule has 3 nitrogen and oxygen atoms in total. The highest BCUT2D eigenvalue weighted by atomic mass is 16.1. The van der Waals surface area contributed by atoms with Gasteiger partial charge in [-0.3, -0.25) is 4.79 Å². The standard InChI is InChI=1S/C15H18N2O/c1-12-6-4-5-7-14(12)17(3)11-15(18)13-8-9-16(2)10-13/h4-10H,11H2,1-3H3. The number of carbonyl (C=O) groups is 1. The number of likely N-dealkylation sites (N-methyl/N-ethyl adjacent to an activating group) is 1. The van der Waals surface area contributed by atoms with Crippen molar-refractivity contribution in [3.63, 3.8) is 0 Å². The molecule has 1 aromatic heterocycles. The summed E-state index contributed by atoms with van der Waals surface area (Å²) >= 11 is 0. The van der Waals surface area contributed by atoms with Crippen molar-refractivity contribution in [2.75, 3.05) is 18.5 Å². The summed E-state index contributed by atoms with van der Waals surface area (Å²) < 4.78 is 1.89. The van der Waals surface area contributed by atoms with Gasteiger partial charge in [0.2, 0.25) is 0 Å². The molecule has 94 valence electrons. The predicted octanol–water partition coefficient (Wildman–Crippen LogP) is 2.65. The van der Waals surface area contributed by atoms with Crippen molar-refractivity contribution < 1.29 is 4.79 Å².